The van der Waals surface area contributed by atoms with Crippen LogP contribution in [0.1, 0.15) is 42.4 Å². The molecule has 122 valence electrons. The number of amides is 1. The summed E-state index contributed by atoms with van der Waals surface area (Å²) in [7, 11) is 1.64. The van der Waals surface area contributed by atoms with E-state index in [1.54, 1.807) is 7.11 Å². The predicted molar refractivity (Wildman–Crippen MR) is 87.7 cm³/mol. The number of aromatic nitrogens is 1. The molecule has 1 aromatic carbocycles. The Morgan fingerprint density at radius 2 is 2.09 bits per heavy atom. The minimum Gasteiger partial charge on any atom is -0.497 e. The number of methoxy groups -OCH3 is 1. The van der Waals surface area contributed by atoms with Gasteiger partial charge >= 0.3 is 0 Å². The average Bonchev–Trinajstić information content (AvgIpc) is 2.98. The SMILES string of the molecule is COc1ccc2c(c1)-c1onc(C(=O)NC(C)C(C)C)c1CC2. The molecule has 0 aliphatic heterocycles. The van der Waals surface area contributed by atoms with Gasteiger partial charge in [0.05, 0.1) is 7.11 Å². The second kappa shape index (κ2) is 6.07. The molecule has 0 saturated carbocycles. The van der Waals surface area contributed by atoms with E-state index < -0.39 is 0 Å². The van der Waals surface area contributed by atoms with Gasteiger partial charge in [-0.25, -0.2) is 0 Å². The van der Waals surface area contributed by atoms with Crippen LogP contribution in [-0.4, -0.2) is 24.2 Å². The maximum absolute atomic E-state index is 12.5. The maximum Gasteiger partial charge on any atom is 0.273 e. The standard InChI is InChI=1S/C18H22N2O3/c1-10(2)11(3)19-18(21)16-14-8-6-12-5-7-13(22-4)9-15(12)17(14)23-20-16/h5,7,9-11H,6,8H2,1-4H3,(H,19,21). The minimum atomic E-state index is -0.164. The van der Waals surface area contributed by atoms with Gasteiger partial charge in [-0.05, 0) is 43.4 Å². The topological polar surface area (TPSA) is 64.4 Å². The highest BCUT2D eigenvalue weighted by Gasteiger charge is 2.28. The van der Waals surface area contributed by atoms with Gasteiger partial charge in [-0.1, -0.05) is 25.1 Å². The zero-order valence-corrected chi connectivity index (χ0v) is 14.0. The molecule has 5 nitrogen and oxygen atoms in total. The molecule has 5 heteroatoms. The van der Waals surface area contributed by atoms with Crippen molar-refractivity contribution in [2.45, 2.75) is 39.7 Å². The van der Waals surface area contributed by atoms with E-state index in [9.17, 15) is 4.79 Å². The Bertz CT molecular complexity index is 734. The number of nitrogens with one attached hydrogen (secondary N) is 1. The molecule has 1 N–H and O–H groups in total. The van der Waals surface area contributed by atoms with Gasteiger partial charge in [0, 0.05) is 17.2 Å². The Balaban J connectivity index is 1.94. The quantitative estimate of drug-likeness (QED) is 0.941. The number of hydrogen-bond acceptors (Lipinski definition) is 4. The number of aryl methyl sites for hydroxylation is 1. The number of carbonyl (C=O) groups excluding carboxylic acids is 1. The fourth-order valence-electron chi connectivity index (χ4n) is 2.74. The van der Waals surface area contributed by atoms with Crippen LogP contribution in [0.5, 0.6) is 5.75 Å². The molecule has 3 rings (SSSR count). The molecular weight excluding hydrogens is 292 g/mol. The summed E-state index contributed by atoms with van der Waals surface area (Å²) >= 11 is 0. The molecule has 23 heavy (non-hydrogen) atoms. The fraction of sp³-hybridized carbons (Fsp3) is 0.444. The monoisotopic (exact) mass is 314 g/mol. The third-order valence-electron chi connectivity index (χ3n) is 4.57. The van der Waals surface area contributed by atoms with Gasteiger partial charge in [0.2, 0.25) is 0 Å². The normalized spacial score (nSPS) is 14.1. The van der Waals surface area contributed by atoms with E-state index in [1.807, 2.05) is 25.1 Å². The first-order valence-electron chi connectivity index (χ1n) is 7.98. The molecule has 1 amide bonds. The lowest BCUT2D eigenvalue weighted by Crippen LogP contribution is -2.36. The van der Waals surface area contributed by atoms with Gasteiger partial charge in [0.25, 0.3) is 5.91 Å². The van der Waals surface area contributed by atoms with E-state index in [0.717, 1.165) is 29.7 Å². The zero-order valence-electron chi connectivity index (χ0n) is 14.0. The summed E-state index contributed by atoms with van der Waals surface area (Å²) in [6.45, 7) is 6.15. The fourth-order valence-corrected chi connectivity index (χ4v) is 2.74. The van der Waals surface area contributed by atoms with Crippen LogP contribution in [0.3, 0.4) is 0 Å². The van der Waals surface area contributed by atoms with Crippen LogP contribution < -0.4 is 10.1 Å². The Labute approximate surface area is 136 Å². The van der Waals surface area contributed by atoms with Crippen LogP contribution in [0, 0.1) is 5.92 Å². The van der Waals surface area contributed by atoms with Crippen molar-refractivity contribution in [1.82, 2.24) is 10.5 Å². The number of benzene rings is 1. The Kier molecular flexibility index (Phi) is 4.11. The van der Waals surface area contributed by atoms with E-state index in [-0.39, 0.29) is 11.9 Å². The van der Waals surface area contributed by atoms with Crippen molar-refractivity contribution in [3.05, 3.63) is 35.0 Å². The highest BCUT2D eigenvalue weighted by Crippen LogP contribution is 2.37. The Morgan fingerprint density at radius 3 is 2.78 bits per heavy atom. The highest BCUT2D eigenvalue weighted by molar-refractivity contribution is 5.95. The summed E-state index contributed by atoms with van der Waals surface area (Å²) in [6, 6.07) is 6.01. The van der Waals surface area contributed by atoms with Gasteiger partial charge < -0.3 is 14.6 Å². The number of nitrogens with zero attached hydrogens (tertiary/aromatic N) is 1. The van der Waals surface area contributed by atoms with E-state index in [4.69, 9.17) is 9.26 Å². The van der Waals surface area contributed by atoms with E-state index in [0.29, 0.717) is 17.4 Å². The van der Waals surface area contributed by atoms with Crippen molar-refractivity contribution in [3.63, 3.8) is 0 Å². The lowest BCUT2D eigenvalue weighted by Gasteiger charge is -2.18. The Hall–Kier alpha value is -2.30. The van der Waals surface area contributed by atoms with Gasteiger partial charge in [-0.15, -0.1) is 0 Å². The molecule has 0 fully saturated rings. The second-order valence-corrected chi connectivity index (χ2v) is 6.37. The van der Waals surface area contributed by atoms with Crippen LogP contribution in [0.4, 0.5) is 0 Å². The zero-order chi connectivity index (χ0) is 16.6. The summed E-state index contributed by atoms with van der Waals surface area (Å²) in [5, 5.41) is 7.03. The molecule has 1 aliphatic rings. The second-order valence-electron chi connectivity index (χ2n) is 6.37. The molecule has 1 aromatic heterocycles. The molecule has 2 aromatic rings. The van der Waals surface area contributed by atoms with Crippen LogP contribution >= 0.6 is 0 Å². The van der Waals surface area contributed by atoms with Crippen molar-refractivity contribution >= 4 is 5.91 Å². The van der Waals surface area contributed by atoms with Crippen molar-refractivity contribution < 1.29 is 14.1 Å². The third kappa shape index (κ3) is 2.83. The number of rotatable bonds is 4. The molecule has 1 unspecified atom stereocenters. The Morgan fingerprint density at radius 1 is 1.30 bits per heavy atom. The van der Waals surface area contributed by atoms with E-state index in [2.05, 4.69) is 24.3 Å². The summed E-state index contributed by atoms with van der Waals surface area (Å²) < 4.78 is 10.8. The first-order chi connectivity index (χ1) is 11.0. The van der Waals surface area contributed by atoms with Crippen molar-refractivity contribution in [1.29, 1.82) is 0 Å². The van der Waals surface area contributed by atoms with Crippen molar-refractivity contribution in [2.75, 3.05) is 7.11 Å². The molecule has 0 spiro atoms. The summed E-state index contributed by atoms with van der Waals surface area (Å²) in [5.74, 6) is 1.66. The lowest BCUT2D eigenvalue weighted by atomic mass is 9.89. The summed E-state index contributed by atoms with van der Waals surface area (Å²) in [4.78, 5) is 12.5. The smallest absolute Gasteiger partial charge is 0.273 e. The molecule has 1 aliphatic carbocycles. The molecule has 1 atom stereocenters. The van der Waals surface area contributed by atoms with Gasteiger partial charge in [-0.3, -0.25) is 4.79 Å². The summed E-state index contributed by atoms with van der Waals surface area (Å²) in [5.41, 5.74) is 3.45. The van der Waals surface area contributed by atoms with E-state index >= 15 is 0 Å². The van der Waals surface area contributed by atoms with Gasteiger partial charge in [0.1, 0.15) is 5.75 Å². The minimum absolute atomic E-state index is 0.0887. The largest absolute Gasteiger partial charge is 0.497 e. The highest BCUT2D eigenvalue weighted by atomic mass is 16.5. The lowest BCUT2D eigenvalue weighted by molar-refractivity contribution is 0.0920. The van der Waals surface area contributed by atoms with Crippen molar-refractivity contribution in [2.24, 2.45) is 5.92 Å². The first kappa shape index (κ1) is 15.6. The van der Waals surface area contributed by atoms with Crippen LogP contribution in [-0.2, 0) is 12.8 Å². The number of hydrogen-bond donors (Lipinski definition) is 1. The summed E-state index contributed by atoms with van der Waals surface area (Å²) in [6.07, 6.45) is 1.63. The van der Waals surface area contributed by atoms with Crippen LogP contribution in [0.15, 0.2) is 22.7 Å². The molecule has 1 heterocycles. The number of fused-ring (bicyclic) bond motifs is 3. The van der Waals surface area contributed by atoms with Gasteiger partial charge in [0.15, 0.2) is 11.5 Å². The molecule has 0 bridgehead atoms. The number of ether oxygens (including phenoxy) is 1. The molecule has 0 saturated heterocycles. The predicted octanol–water partition coefficient (Wildman–Crippen LogP) is 3.22. The van der Waals surface area contributed by atoms with Crippen molar-refractivity contribution in [3.8, 4) is 17.1 Å². The third-order valence-corrected chi connectivity index (χ3v) is 4.57. The van der Waals surface area contributed by atoms with Gasteiger partial charge in [-0.2, -0.15) is 0 Å². The maximum atomic E-state index is 12.5. The van der Waals surface area contributed by atoms with E-state index in [1.165, 1.54) is 5.56 Å². The average molecular weight is 314 g/mol. The molecule has 0 radical (unpaired) electrons. The van der Waals surface area contributed by atoms with Crippen LogP contribution in [0.2, 0.25) is 0 Å². The number of carbonyl (C=O) groups is 1. The first-order valence-corrected chi connectivity index (χ1v) is 7.98. The molecular formula is C18H22N2O3. The van der Waals surface area contributed by atoms with Crippen LogP contribution in [0.25, 0.3) is 11.3 Å².